The molecule has 19 heavy (non-hydrogen) atoms. The van der Waals surface area contributed by atoms with Gasteiger partial charge in [-0.15, -0.1) is 0 Å². The molecule has 0 unspecified atom stereocenters. The monoisotopic (exact) mass is 366 g/mol. The summed E-state index contributed by atoms with van der Waals surface area (Å²) in [4.78, 5) is 23.9. The number of pyridine rings is 2. The zero-order valence-electron chi connectivity index (χ0n) is 10.5. The van der Waals surface area contributed by atoms with Crippen molar-refractivity contribution in [1.82, 2.24) is 9.97 Å². The quantitative estimate of drug-likeness (QED) is 0.574. The van der Waals surface area contributed by atoms with Crippen molar-refractivity contribution in [2.24, 2.45) is 0 Å². The standard InChI is InChI=1S/C13H11IN4O/c1-17-10-8(7-19)3-5-15-12(10)18(2)13-11(17)9(14)4-6-16-13/h3-7H,1-2H3. The fourth-order valence-corrected chi connectivity index (χ4v) is 3.09. The molecule has 6 heteroatoms. The summed E-state index contributed by atoms with van der Waals surface area (Å²) in [5.41, 5.74) is 2.44. The van der Waals surface area contributed by atoms with Gasteiger partial charge in [0.2, 0.25) is 0 Å². The Morgan fingerprint density at radius 1 is 1.05 bits per heavy atom. The van der Waals surface area contributed by atoms with E-state index in [1.54, 1.807) is 18.5 Å². The fourth-order valence-electron chi connectivity index (χ4n) is 2.33. The van der Waals surface area contributed by atoms with Gasteiger partial charge in [0.25, 0.3) is 0 Å². The average molecular weight is 366 g/mol. The van der Waals surface area contributed by atoms with E-state index in [1.165, 1.54) is 0 Å². The van der Waals surface area contributed by atoms with Gasteiger partial charge in [-0.3, -0.25) is 4.79 Å². The van der Waals surface area contributed by atoms with Crippen LogP contribution >= 0.6 is 22.6 Å². The summed E-state index contributed by atoms with van der Waals surface area (Å²) in [7, 11) is 3.85. The predicted octanol–water partition coefficient (Wildman–Crippen LogP) is 2.74. The molecule has 3 rings (SSSR count). The molecule has 0 fully saturated rings. The van der Waals surface area contributed by atoms with Crippen LogP contribution in [-0.4, -0.2) is 30.3 Å². The highest BCUT2D eigenvalue weighted by molar-refractivity contribution is 14.1. The van der Waals surface area contributed by atoms with Crippen molar-refractivity contribution in [3.05, 3.63) is 33.7 Å². The van der Waals surface area contributed by atoms with Gasteiger partial charge in [-0.1, -0.05) is 0 Å². The zero-order valence-corrected chi connectivity index (χ0v) is 12.6. The maximum absolute atomic E-state index is 11.2. The first-order valence-electron chi connectivity index (χ1n) is 5.71. The van der Waals surface area contributed by atoms with E-state index in [4.69, 9.17) is 0 Å². The highest BCUT2D eigenvalue weighted by Gasteiger charge is 2.29. The minimum Gasteiger partial charge on any atom is -0.337 e. The number of hydrogen-bond donors (Lipinski definition) is 0. The van der Waals surface area contributed by atoms with Gasteiger partial charge in [0.15, 0.2) is 17.9 Å². The third kappa shape index (κ3) is 1.70. The minimum absolute atomic E-state index is 0.629. The van der Waals surface area contributed by atoms with Crippen LogP contribution in [0.5, 0.6) is 0 Å². The van der Waals surface area contributed by atoms with Crippen molar-refractivity contribution >= 4 is 51.9 Å². The van der Waals surface area contributed by atoms with Crippen LogP contribution in [0.2, 0.25) is 0 Å². The van der Waals surface area contributed by atoms with Crippen molar-refractivity contribution in [2.75, 3.05) is 23.9 Å². The lowest BCUT2D eigenvalue weighted by Crippen LogP contribution is -2.28. The van der Waals surface area contributed by atoms with Crippen LogP contribution in [0.1, 0.15) is 10.4 Å². The summed E-state index contributed by atoms with van der Waals surface area (Å²) in [5, 5.41) is 0. The van der Waals surface area contributed by atoms with Crippen LogP contribution in [0, 0.1) is 3.57 Å². The van der Waals surface area contributed by atoms with Gasteiger partial charge in [-0.2, -0.15) is 0 Å². The molecule has 0 radical (unpaired) electrons. The summed E-state index contributed by atoms with van der Waals surface area (Å²) in [6.07, 6.45) is 4.28. The lowest BCUT2D eigenvalue weighted by Gasteiger charge is -2.35. The molecule has 0 atom stereocenters. The number of fused-ring (bicyclic) bond motifs is 2. The summed E-state index contributed by atoms with van der Waals surface area (Å²) in [6, 6.07) is 3.68. The number of nitrogens with zero attached hydrogens (tertiary/aromatic N) is 4. The predicted molar refractivity (Wildman–Crippen MR) is 82.7 cm³/mol. The first kappa shape index (κ1) is 12.3. The molecule has 1 aliphatic rings. The maximum Gasteiger partial charge on any atom is 0.159 e. The molecule has 2 aromatic rings. The lowest BCUT2D eigenvalue weighted by atomic mass is 10.1. The Balaban J connectivity index is 2.33. The Morgan fingerprint density at radius 2 is 1.68 bits per heavy atom. The van der Waals surface area contributed by atoms with Gasteiger partial charge in [-0.25, -0.2) is 9.97 Å². The van der Waals surface area contributed by atoms with Gasteiger partial charge in [-0.05, 0) is 34.7 Å². The number of hydrogen-bond acceptors (Lipinski definition) is 5. The van der Waals surface area contributed by atoms with Crippen molar-refractivity contribution in [3.8, 4) is 0 Å². The van der Waals surface area contributed by atoms with Crippen molar-refractivity contribution in [3.63, 3.8) is 0 Å². The molecule has 1 aliphatic heterocycles. The third-order valence-corrected chi connectivity index (χ3v) is 4.10. The number of aldehydes is 1. The Labute approximate surface area is 124 Å². The van der Waals surface area contributed by atoms with Crippen LogP contribution < -0.4 is 9.80 Å². The van der Waals surface area contributed by atoms with E-state index in [1.807, 2.05) is 30.0 Å². The van der Waals surface area contributed by atoms with Crippen LogP contribution in [0.15, 0.2) is 24.5 Å². The summed E-state index contributed by atoms with van der Waals surface area (Å²) >= 11 is 2.27. The molecule has 5 nitrogen and oxygen atoms in total. The highest BCUT2D eigenvalue weighted by atomic mass is 127. The number of halogens is 1. The van der Waals surface area contributed by atoms with Gasteiger partial charge >= 0.3 is 0 Å². The second kappa shape index (κ2) is 4.44. The Hall–Kier alpha value is -1.70. The van der Waals surface area contributed by atoms with Gasteiger partial charge in [0.1, 0.15) is 0 Å². The van der Waals surface area contributed by atoms with E-state index in [0.29, 0.717) is 5.56 Å². The third-order valence-electron chi connectivity index (χ3n) is 3.23. The summed E-state index contributed by atoms with van der Waals surface area (Å²) in [6.45, 7) is 0. The molecular weight excluding hydrogens is 355 g/mol. The Bertz CT molecular complexity index is 674. The molecular formula is C13H11IN4O. The van der Waals surface area contributed by atoms with Gasteiger partial charge in [0, 0.05) is 35.6 Å². The van der Waals surface area contributed by atoms with E-state index in [0.717, 1.165) is 32.9 Å². The number of carbonyl (C=O) groups is 1. The van der Waals surface area contributed by atoms with Crippen molar-refractivity contribution in [2.45, 2.75) is 0 Å². The number of carbonyl (C=O) groups excluding carboxylic acids is 1. The second-order valence-electron chi connectivity index (χ2n) is 4.27. The first-order valence-corrected chi connectivity index (χ1v) is 6.79. The molecule has 0 saturated heterocycles. The molecule has 0 bridgehead atoms. The fraction of sp³-hybridized carbons (Fsp3) is 0.154. The number of anilines is 4. The van der Waals surface area contributed by atoms with Gasteiger partial charge in [0.05, 0.1) is 11.4 Å². The molecule has 3 heterocycles. The molecule has 96 valence electrons. The molecule has 2 aromatic heterocycles. The zero-order chi connectivity index (χ0) is 13.6. The molecule has 0 aromatic carbocycles. The minimum atomic E-state index is 0.629. The second-order valence-corrected chi connectivity index (χ2v) is 5.44. The van der Waals surface area contributed by atoms with E-state index < -0.39 is 0 Å². The Kier molecular flexibility index (Phi) is 2.89. The van der Waals surface area contributed by atoms with Gasteiger partial charge < -0.3 is 9.80 Å². The van der Waals surface area contributed by atoms with E-state index in [9.17, 15) is 4.79 Å². The molecule has 0 saturated carbocycles. The largest absolute Gasteiger partial charge is 0.337 e. The first-order chi connectivity index (χ1) is 9.15. The SMILES string of the molecule is CN1c2nccc(I)c2N(C)c2c(C=O)ccnc21. The van der Waals surface area contributed by atoms with Crippen molar-refractivity contribution < 1.29 is 4.79 Å². The molecule has 0 aliphatic carbocycles. The van der Waals surface area contributed by atoms with E-state index in [-0.39, 0.29) is 0 Å². The van der Waals surface area contributed by atoms with Crippen LogP contribution in [0.25, 0.3) is 0 Å². The van der Waals surface area contributed by atoms with E-state index >= 15 is 0 Å². The molecule has 0 spiro atoms. The summed E-state index contributed by atoms with van der Waals surface area (Å²) < 4.78 is 1.09. The number of aromatic nitrogens is 2. The smallest absolute Gasteiger partial charge is 0.159 e. The summed E-state index contributed by atoms with van der Waals surface area (Å²) in [5.74, 6) is 1.59. The van der Waals surface area contributed by atoms with E-state index in [2.05, 4.69) is 32.6 Å². The topological polar surface area (TPSA) is 49.3 Å². The molecule has 0 N–H and O–H groups in total. The van der Waals surface area contributed by atoms with Crippen molar-refractivity contribution in [1.29, 1.82) is 0 Å². The lowest BCUT2D eigenvalue weighted by molar-refractivity contribution is 0.112. The maximum atomic E-state index is 11.2. The molecule has 0 amide bonds. The van der Waals surface area contributed by atoms with Crippen LogP contribution in [-0.2, 0) is 0 Å². The van der Waals surface area contributed by atoms with Crippen LogP contribution in [0.3, 0.4) is 0 Å². The number of rotatable bonds is 1. The normalized spacial score (nSPS) is 13.0. The van der Waals surface area contributed by atoms with Crippen LogP contribution in [0.4, 0.5) is 23.0 Å². The average Bonchev–Trinajstić information content (AvgIpc) is 2.43. The Morgan fingerprint density at radius 3 is 2.37 bits per heavy atom. The highest BCUT2D eigenvalue weighted by Crippen LogP contribution is 2.46.